The number of nitrogens with zero attached hydrogens (tertiary/aromatic N) is 1. The van der Waals surface area contributed by atoms with Gasteiger partial charge in [-0.25, -0.2) is 4.79 Å². The largest absolute Gasteiger partial charge is 0.480 e. The molecular formula is C13H19N3O8. The van der Waals surface area contributed by atoms with Gasteiger partial charge in [-0.15, -0.1) is 0 Å². The Bertz CT molecular complexity index is 686. The first kappa shape index (κ1) is 18.3. The topological polar surface area (TPSA) is 177 Å². The molecule has 1 saturated heterocycles. The van der Waals surface area contributed by atoms with Crippen molar-refractivity contribution in [2.75, 3.05) is 13.2 Å². The van der Waals surface area contributed by atoms with Crippen LogP contribution in [0.1, 0.15) is 12.6 Å². The number of ether oxygens (including phenoxy) is 2. The van der Waals surface area contributed by atoms with Crippen molar-refractivity contribution in [3.8, 4) is 0 Å². The molecule has 11 nitrogen and oxygen atoms in total. The summed E-state index contributed by atoms with van der Waals surface area (Å²) in [4.78, 5) is 35.4. The molecule has 0 bridgehead atoms. The highest BCUT2D eigenvalue weighted by Gasteiger charge is 2.44. The van der Waals surface area contributed by atoms with Crippen LogP contribution in [0.3, 0.4) is 0 Å². The standard InChI is InChI=1S/C13H19N3O8/c14-6(12(20)21)2-4-23-5-7-9(18)10(19)11(24-7)16-3-1-8(17)15-13(16)22/h1,3,6-7,9-11,18-19H,2,4-5,14H2,(H,20,21)(H,15,17,22)/t6?,7-,9-,10-,11-/m1/s1. The van der Waals surface area contributed by atoms with Gasteiger partial charge in [0.05, 0.1) is 6.61 Å². The first-order valence-corrected chi connectivity index (χ1v) is 7.20. The molecule has 1 unspecified atom stereocenters. The number of hydrogen-bond donors (Lipinski definition) is 5. The number of aliphatic hydroxyl groups excluding tert-OH is 2. The van der Waals surface area contributed by atoms with Crippen LogP contribution in [0, 0.1) is 0 Å². The number of nitrogens with two attached hydrogens (primary N) is 1. The molecule has 1 aliphatic rings. The van der Waals surface area contributed by atoms with E-state index in [9.17, 15) is 24.6 Å². The summed E-state index contributed by atoms with van der Waals surface area (Å²) in [6, 6.07) is 0.0264. The quantitative estimate of drug-likeness (QED) is 0.322. The lowest BCUT2D eigenvalue weighted by Gasteiger charge is -2.16. The second kappa shape index (κ2) is 7.68. The van der Waals surface area contributed by atoms with Crippen LogP contribution in [0.2, 0.25) is 0 Å². The van der Waals surface area contributed by atoms with Crippen LogP contribution in [-0.2, 0) is 14.3 Å². The molecule has 2 heterocycles. The van der Waals surface area contributed by atoms with Crippen molar-refractivity contribution in [2.24, 2.45) is 5.73 Å². The number of rotatable bonds is 7. The molecule has 0 aliphatic carbocycles. The Kier molecular flexibility index (Phi) is 5.85. The van der Waals surface area contributed by atoms with Gasteiger partial charge in [0.2, 0.25) is 0 Å². The number of H-pyrrole nitrogens is 1. The van der Waals surface area contributed by atoms with E-state index in [1.807, 2.05) is 4.98 Å². The Labute approximate surface area is 135 Å². The van der Waals surface area contributed by atoms with Gasteiger partial charge in [0.15, 0.2) is 6.23 Å². The molecule has 0 aromatic carbocycles. The van der Waals surface area contributed by atoms with Gasteiger partial charge in [0, 0.05) is 18.9 Å². The van der Waals surface area contributed by atoms with Gasteiger partial charge < -0.3 is 30.5 Å². The van der Waals surface area contributed by atoms with E-state index in [-0.39, 0.29) is 19.6 Å². The molecule has 1 fully saturated rings. The van der Waals surface area contributed by atoms with Gasteiger partial charge in [-0.05, 0) is 6.42 Å². The van der Waals surface area contributed by atoms with Crippen molar-refractivity contribution < 1.29 is 29.6 Å². The second-order valence-electron chi connectivity index (χ2n) is 5.37. The smallest absolute Gasteiger partial charge is 0.330 e. The van der Waals surface area contributed by atoms with Crippen LogP contribution in [0.25, 0.3) is 0 Å². The van der Waals surface area contributed by atoms with E-state index >= 15 is 0 Å². The molecule has 134 valence electrons. The molecule has 1 aromatic rings. The van der Waals surface area contributed by atoms with Crippen LogP contribution >= 0.6 is 0 Å². The Morgan fingerprint density at radius 2 is 2.12 bits per heavy atom. The van der Waals surface area contributed by atoms with Crippen LogP contribution < -0.4 is 17.0 Å². The highest BCUT2D eigenvalue weighted by molar-refractivity contribution is 5.72. The number of carboxylic acids is 1. The third kappa shape index (κ3) is 4.07. The number of aliphatic hydroxyl groups is 2. The fourth-order valence-corrected chi connectivity index (χ4v) is 2.26. The SMILES string of the molecule is NC(CCOC[C@H]1O[C@@H](n2ccc(=O)[nH]c2=O)[C@H](O)[C@@H]1O)C(=O)O. The minimum atomic E-state index is -1.40. The zero-order valence-electron chi connectivity index (χ0n) is 12.6. The molecular weight excluding hydrogens is 326 g/mol. The van der Waals surface area contributed by atoms with E-state index in [1.54, 1.807) is 0 Å². The Hall–Kier alpha value is -2.05. The minimum absolute atomic E-state index is 0.0272. The highest BCUT2D eigenvalue weighted by Crippen LogP contribution is 2.28. The van der Waals surface area contributed by atoms with Gasteiger partial charge in [-0.3, -0.25) is 19.1 Å². The summed E-state index contributed by atoms with van der Waals surface area (Å²) in [5, 5.41) is 28.6. The fourth-order valence-electron chi connectivity index (χ4n) is 2.26. The van der Waals surface area contributed by atoms with Gasteiger partial charge in [-0.1, -0.05) is 0 Å². The average molecular weight is 345 g/mol. The molecule has 2 rings (SSSR count). The first-order valence-electron chi connectivity index (χ1n) is 7.20. The number of aliphatic carboxylic acids is 1. The number of aromatic nitrogens is 2. The van der Waals surface area contributed by atoms with Gasteiger partial charge in [0.25, 0.3) is 5.56 Å². The van der Waals surface area contributed by atoms with Crippen molar-refractivity contribution in [3.05, 3.63) is 33.1 Å². The summed E-state index contributed by atoms with van der Waals surface area (Å²) in [7, 11) is 0. The van der Waals surface area contributed by atoms with Crippen LogP contribution in [0.4, 0.5) is 0 Å². The monoisotopic (exact) mass is 345 g/mol. The molecule has 0 spiro atoms. The molecule has 1 aliphatic heterocycles. The average Bonchev–Trinajstić information content (AvgIpc) is 2.79. The van der Waals surface area contributed by atoms with E-state index in [1.165, 1.54) is 0 Å². The Morgan fingerprint density at radius 1 is 1.42 bits per heavy atom. The number of hydrogen-bond acceptors (Lipinski definition) is 8. The zero-order chi connectivity index (χ0) is 17.9. The maximum atomic E-state index is 11.7. The van der Waals surface area contributed by atoms with Crippen LogP contribution in [0.5, 0.6) is 0 Å². The van der Waals surface area contributed by atoms with Crippen LogP contribution in [0.15, 0.2) is 21.9 Å². The molecule has 11 heteroatoms. The van der Waals surface area contributed by atoms with Gasteiger partial charge in [0.1, 0.15) is 24.4 Å². The summed E-state index contributed by atoms with van der Waals surface area (Å²) in [5.74, 6) is -1.15. The lowest BCUT2D eigenvalue weighted by molar-refractivity contribution is -0.139. The van der Waals surface area contributed by atoms with Gasteiger partial charge >= 0.3 is 11.7 Å². The molecule has 6 N–H and O–H groups in total. The predicted molar refractivity (Wildman–Crippen MR) is 78.3 cm³/mol. The summed E-state index contributed by atoms with van der Waals surface area (Å²) in [6.07, 6.45) is -3.60. The number of aromatic amines is 1. The lowest BCUT2D eigenvalue weighted by atomic mass is 10.1. The number of nitrogens with one attached hydrogen (secondary N) is 1. The van der Waals surface area contributed by atoms with E-state index in [0.29, 0.717) is 0 Å². The molecule has 1 aromatic heterocycles. The van der Waals surface area contributed by atoms with E-state index in [0.717, 1.165) is 16.8 Å². The Morgan fingerprint density at radius 3 is 2.75 bits per heavy atom. The lowest BCUT2D eigenvalue weighted by Crippen LogP contribution is -2.37. The zero-order valence-corrected chi connectivity index (χ0v) is 12.6. The molecule has 5 atom stereocenters. The maximum absolute atomic E-state index is 11.7. The summed E-state index contributed by atoms with van der Waals surface area (Å²) in [6.45, 7) is -0.0986. The molecule has 0 amide bonds. The van der Waals surface area contributed by atoms with Crippen molar-refractivity contribution in [3.63, 3.8) is 0 Å². The maximum Gasteiger partial charge on any atom is 0.330 e. The predicted octanol–water partition coefficient (Wildman–Crippen LogP) is -3.03. The van der Waals surface area contributed by atoms with Crippen molar-refractivity contribution in [2.45, 2.75) is 37.0 Å². The third-order valence-corrected chi connectivity index (χ3v) is 3.64. The van der Waals surface area contributed by atoms with Crippen molar-refractivity contribution >= 4 is 5.97 Å². The second-order valence-corrected chi connectivity index (χ2v) is 5.37. The summed E-state index contributed by atoms with van der Waals surface area (Å²) in [5.41, 5.74) is 3.94. The number of carbonyl (C=O) groups is 1. The summed E-state index contributed by atoms with van der Waals surface area (Å²) < 4.78 is 11.6. The molecule has 0 radical (unpaired) electrons. The fraction of sp³-hybridized carbons (Fsp3) is 0.615. The van der Waals surface area contributed by atoms with Crippen molar-refractivity contribution in [1.82, 2.24) is 9.55 Å². The van der Waals surface area contributed by atoms with E-state index < -0.39 is 47.8 Å². The van der Waals surface area contributed by atoms with E-state index in [2.05, 4.69) is 0 Å². The minimum Gasteiger partial charge on any atom is -0.480 e. The summed E-state index contributed by atoms with van der Waals surface area (Å²) >= 11 is 0. The van der Waals surface area contributed by atoms with Crippen molar-refractivity contribution in [1.29, 1.82) is 0 Å². The van der Waals surface area contributed by atoms with Crippen LogP contribution in [-0.4, -0.2) is 68.4 Å². The first-order chi connectivity index (χ1) is 11.3. The molecule has 24 heavy (non-hydrogen) atoms. The van der Waals surface area contributed by atoms with Gasteiger partial charge in [-0.2, -0.15) is 0 Å². The van der Waals surface area contributed by atoms with E-state index in [4.69, 9.17) is 20.3 Å². The third-order valence-electron chi connectivity index (χ3n) is 3.64. The molecule has 0 saturated carbocycles. The number of carboxylic acid groups (broad SMARTS) is 1. The normalized spacial score (nSPS) is 28.0. The highest BCUT2D eigenvalue weighted by atomic mass is 16.6. The Balaban J connectivity index is 1.94.